The van der Waals surface area contributed by atoms with E-state index >= 15 is 0 Å². The van der Waals surface area contributed by atoms with Gasteiger partial charge in [0.05, 0.1) is 0 Å². The zero-order chi connectivity index (χ0) is 17.2. The van der Waals surface area contributed by atoms with E-state index in [-0.39, 0.29) is 18.7 Å². The van der Waals surface area contributed by atoms with Crippen molar-refractivity contribution in [3.8, 4) is 11.5 Å². The lowest BCUT2D eigenvalue weighted by molar-refractivity contribution is 0.102. The van der Waals surface area contributed by atoms with Crippen LogP contribution in [0.1, 0.15) is 23.2 Å². The molecule has 3 N–H and O–H groups in total. The summed E-state index contributed by atoms with van der Waals surface area (Å²) in [5, 5.41) is 8.39. The van der Waals surface area contributed by atoms with Crippen molar-refractivity contribution in [3.05, 3.63) is 48.0 Å². The lowest BCUT2D eigenvalue weighted by atomic mass is 10.2. The largest absolute Gasteiger partial charge is 0.454 e. The van der Waals surface area contributed by atoms with Crippen molar-refractivity contribution in [1.82, 2.24) is 5.32 Å². The Balaban J connectivity index is 1.37. The molecule has 2 aromatic rings. The zero-order valence-corrected chi connectivity index (χ0v) is 13.4. The van der Waals surface area contributed by atoms with Crippen LogP contribution in [-0.4, -0.2) is 24.8 Å². The predicted molar refractivity (Wildman–Crippen MR) is 92.1 cm³/mol. The maximum Gasteiger partial charge on any atom is 0.319 e. The summed E-state index contributed by atoms with van der Waals surface area (Å²) in [6, 6.07) is 12.0. The number of amides is 3. The molecule has 0 aromatic heterocycles. The fourth-order valence-corrected chi connectivity index (χ4v) is 2.46. The minimum Gasteiger partial charge on any atom is -0.454 e. The van der Waals surface area contributed by atoms with Crippen molar-refractivity contribution in [2.75, 3.05) is 17.4 Å². The quantitative estimate of drug-likeness (QED) is 0.799. The van der Waals surface area contributed by atoms with E-state index in [0.717, 1.165) is 12.8 Å². The standard InChI is InChI=1S/C18H17N3O4/c22-17(19-14-7-8-15-16(9-14)25-10-24-15)11-1-3-12(4-2-11)20-18(23)21-13-5-6-13/h1-4,7-9,13H,5-6,10H2,(H,19,22)(H2,20,21,23). The fraction of sp³-hybridized carbons (Fsp3) is 0.222. The Hall–Kier alpha value is -3.22. The SMILES string of the molecule is O=C(Nc1ccc(C(=O)Nc2ccc3c(c2)OCO3)cc1)NC1CC1. The molecule has 0 spiro atoms. The Kier molecular flexibility index (Phi) is 3.89. The molecule has 0 atom stereocenters. The van der Waals surface area contributed by atoms with Gasteiger partial charge in [-0.25, -0.2) is 4.79 Å². The highest BCUT2D eigenvalue weighted by Crippen LogP contribution is 2.34. The number of hydrogen-bond donors (Lipinski definition) is 3. The average molecular weight is 339 g/mol. The van der Waals surface area contributed by atoms with Gasteiger partial charge >= 0.3 is 6.03 Å². The second-order valence-corrected chi connectivity index (χ2v) is 5.97. The van der Waals surface area contributed by atoms with Crippen LogP contribution in [0.15, 0.2) is 42.5 Å². The summed E-state index contributed by atoms with van der Waals surface area (Å²) in [7, 11) is 0. The third-order valence-corrected chi connectivity index (χ3v) is 3.95. The van der Waals surface area contributed by atoms with Gasteiger partial charge in [0.2, 0.25) is 6.79 Å². The number of urea groups is 1. The molecule has 7 nitrogen and oxygen atoms in total. The summed E-state index contributed by atoms with van der Waals surface area (Å²) in [5.74, 6) is 1.03. The number of hydrogen-bond acceptors (Lipinski definition) is 4. The number of rotatable bonds is 4. The number of carbonyl (C=O) groups excluding carboxylic acids is 2. The Morgan fingerprint density at radius 3 is 2.36 bits per heavy atom. The first kappa shape index (κ1) is 15.3. The molecule has 2 aromatic carbocycles. The highest BCUT2D eigenvalue weighted by molar-refractivity contribution is 6.04. The highest BCUT2D eigenvalue weighted by Gasteiger charge is 2.23. The average Bonchev–Trinajstić information content (AvgIpc) is 3.29. The second-order valence-electron chi connectivity index (χ2n) is 5.97. The van der Waals surface area contributed by atoms with Crippen molar-refractivity contribution >= 4 is 23.3 Å². The number of carbonyl (C=O) groups is 2. The van der Waals surface area contributed by atoms with Crippen molar-refractivity contribution in [3.63, 3.8) is 0 Å². The summed E-state index contributed by atoms with van der Waals surface area (Å²) in [5.41, 5.74) is 1.75. The minimum absolute atomic E-state index is 0.190. The van der Waals surface area contributed by atoms with Crippen LogP contribution in [0.25, 0.3) is 0 Å². The van der Waals surface area contributed by atoms with E-state index in [1.54, 1.807) is 42.5 Å². The number of ether oxygens (including phenoxy) is 2. The molecule has 25 heavy (non-hydrogen) atoms. The first-order valence-electron chi connectivity index (χ1n) is 8.06. The Labute approximate surface area is 144 Å². The van der Waals surface area contributed by atoms with Gasteiger partial charge in [0.15, 0.2) is 11.5 Å². The molecule has 2 aliphatic rings. The van der Waals surface area contributed by atoms with Crippen molar-refractivity contribution in [2.24, 2.45) is 0 Å². The smallest absolute Gasteiger partial charge is 0.319 e. The molecule has 1 aliphatic carbocycles. The molecule has 3 amide bonds. The monoisotopic (exact) mass is 339 g/mol. The molecule has 0 radical (unpaired) electrons. The molecule has 1 fully saturated rings. The van der Waals surface area contributed by atoms with Gasteiger partial charge in [-0.15, -0.1) is 0 Å². The maximum absolute atomic E-state index is 12.3. The van der Waals surface area contributed by atoms with E-state index in [0.29, 0.717) is 34.5 Å². The van der Waals surface area contributed by atoms with E-state index < -0.39 is 0 Å². The second kappa shape index (κ2) is 6.35. The van der Waals surface area contributed by atoms with Crippen LogP contribution in [0.4, 0.5) is 16.2 Å². The number of fused-ring (bicyclic) bond motifs is 1. The number of nitrogens with one attached hydrogen (secondary N) is 3. The Bertz CT molecular complexity index is 816. The van der Waals surface area contributed by atoms with E-state index in [2.05, 4.69) is 16.0 Å². The maximum atomic E-state index is 12.3. The highest BCUT2D eigenvalue weighted by atomic mass is 16.7. The van der Waals surface area contributed by atoms with Crippen molar-refractivity contribution < 1.29 is 19.1 Å². The topological polar surface area (TPSA) is 88.7 Å². The van der Waals surface area contributed by atoms with Gasteiger partial charge in [-0.2, -0.15) is 0 Å². The molecular formula is C18H17N3O4. The molecule has 128 valence electrons. The summed E-state index contributed by atoms with van der Waals surface area (Å²) < 4.78 is 10.5. The van der Waals surface area contributed by atoms with Gasteiger partial charge < -0.3 is 25.4 Å². The van der Waals surface area contributed by atoms with Gasteiger partial charge in [0, 0.05) is 29.0 Å². The summed E-state index contributed by atoms with van der Waals surface area (Å²) in [6.45, 7) is 0.190. The molecule has 0 saturated heterocycles. The van der Waals surface area contributed by atoms with E-state index in [4.69, 9.17) is 9.47 Å². The third-order valence-electron chi connectivity index (χ3n) is 3.95. The van der Waals surface area contributed by atoms with Gasteiger partial charge in [-0.1, -0.05) is 0 Å². The molecular weight excluding hydrogens is 322 g/mol. The molecule has 0 bridgehead atoms. The van der Waals surface area contributed by atoms with Crippen LogP contribution in [0.5, 0.6) is 11.5 Å². The number of anilines is 2. The summed E-state index contributed by atoms with van der Waals surface area (Å²) >= 11 is 0. The lowest BCUT2D eigenvalue weighted by Gasteiger charge is -2.08. The molecule has 0 unspecified atom stereocenters. The van der Waals surface area contributed by atoms with Crippen LogP contribution in [0.3, 0.4) is 0 Å². The lowest BCUT2D eigenvalue weighted by Crippen LogP contribution is -2.30. The first-order valence-corrected chi connectivity index (χ1v) is 8.06. The van der Waals surface area contributed by atoms with Gasteiger partial charge in [-0.3, -0.25) is 4.79 Å². The van der Waals surface area contributed by atoms with E-state index in [1.807, 2.05) is 0 Å². The van der Waals surface area contributed by atoms with Crippen LogP contribution in [-0.2, 0) is 0 Å². The van der Waals surface area contributed by atoms with Crippen LogP contribution in [0.2, 0.25) is 0 Å². The zero-order valence-electron chi connectivity index (χ0n) is 13.4. The van der Waals surface area contributed by atoms with Crippen LogP contribution in [0, 0.1) is 0 Å². The van der Waals surface area contributed by atoms with Crippen LogP contribution >= 0.6 is 0 Å². The normalized spacial score (nSPS) is 14.7. The molecule has 1 heterocycles. The van der Waals surface area contributed by atoms with Crippen molar-refractivity contribution in [2.45, 2.75) is 18.9 Å². The summed E-state index contributed by atoms with van der Waals surface area (Å²) in [4.78, 5) is 24.0. The van der Waals surface area contributed by atoms with Gasteiger partial charge in [0.1, 0.15) is 0 Å². The number of benzene rings is 2. The fourth-order valence-electron chi connectivity index (χ4n) is 2.46. The van der Waals surface area contributed by atoms with Crippen LogP contribution < -0.4 is 25.4 Å². The Morgan fingerprint density at radius 2 is 1.60 bits per heavy atom. The Morgan fingerprint density at radius 1 is 0.880 bits per heavy atom. The first-order chi connectivity index (χ1) is 12.2. The summed E-state index contributed by atoms with van der Waals surface area (Å²) in [6.07, 6.45) is 2.07. The predicted octanol–water partition coefficient (Wildman–Crippen LogP) is 2.95. The molecule has 1 saturated carbocycles. The third kappa shape index (κ3) is 3.65. The van der Waals surface area contributed by atoms with E-state index in [1.165, 1.54) is 0 Å². The van der Waals surface area contributed by atoms with E-state index in [9.17, 15) is 9.59 Å². The van der Waals surface area contributed by atoms with Gasteiger partial charge in [0.25, 0.3) is 5.91 Å². The molecule has 7 heteroatoms. The minimum atomic E-state index is -0.243. The van der Waals surface area contributed by atoms with Crippen molar-refractivity contribution in [1.29, 1.82) is 0 Å². The molecule has 4 rings (SSSR count). The van der Waals surface area contributed by atoms with Gasteiger partial charge in [-0.05, 0) is 49.2 Å². The molecule has 1 aliphatic heterocycles.